The van der Waals surface area contributed by atoms with E-state index in [1.807, 2.05) is 18.3 Å². The molecule has 0 bridgehead atoms. The van der Waals surface area contributed by atoms with Crippen molar-refractivity contribution >= 4 is 5.69 Å². The average molecular weight is 314 g/mol. The number of pyridine rings is 1. The van der Waals surface area contributed by atoms with Gasteiger partial charge in [0.15, 0.2) is 0 Å². The lowest BCUT2D eigenvalue weighted by Crippen LogP contribution is -2.52. The molecule has 0 radical (unpaired) electrons. The third kappa shape index (κ3) is 3.31. The van der Waals surface area contributed by atoms with E-state index in [1.54, 1.807) is 0 Å². The number of hydrogen-bond acceptors (Lipinski definition) is 3. The third-order valence-electron chi connectivity index (χ3n) is 4.09. The van der Waals surface area contributed by atoms with Crippen molar-refractivity contribution < 1.29 is 9.13 Å². The van der Waals surface area contributed by atoms with Crippen LogP contribution in [0, 0.1) is 5.82 Å². The standard InChI is InChI=1S/C19H23FN2O/c1-13-12-23-18-17(22(13)19(2,3)4)10-15(11-21-18)9-14-5-7-16(20)8-6-14/h5-8,10-11,13H,9,12H2,1-4H3/t13-/m0/s1. The largest absolute Gasteiger partial charge is 0.474 e. The molecule has 122 valence electrons. The highest BCUT2D eigenvalue weighted by Crippen LogP contribution is 2.37. The van der Waals surface area contributed by atoms with Gasteiger partial charge in [0, 0.05) is 11.7 Å². The third-order valence-corrected chi connectivity index (χ3v) is 4.09. The average Bonchev–Trinajstić information content (AvgIpc) is 2.48. The summed E-state index contributed by atoms with van der Waals surface area (Å²) in [7, 11) is 0. The Kier molecular flexibility index (Phi) is 4.00. The Morgan fingerprint density at radius 2 is 1.91 bits per heavy atom. The van der Waals surface area contributed by atoms with Crippen molar-refractivity contribution in [2.24, 2.45) is 0 Å². The van der Waals surface area contributed by atoms with Crippen molar-refractivity contribution in [1.82, 2.24) is 4.98 Å². The Balaban J connectivity index is 1.93. The molecule has 4 heteroatoms. The fourth-order valence-corrected chi connectivity index (χ4v) is 3.23. The molecule has 3 rings (SSSR count). The Labute approximate surface area is 137 Å². The number of ether oxygens (including phenoxy) is 1. The van der Waals surface area contributed by atoms with E-state index in [2.05, 4.69) is 43.6 Å². The first-order valence-corrected chi connectivity index (χ1v) is 8.00. The van der Waals surface area contributed by atoms with Gasteiger partial charge in [-0.25, -0.2) is 9.37 Å². The second-order valence-electron chi connectivity index (χ2n) is 7.17. The topological polar surface area (TPSA) is 25.4 Å². The molecule has 23 heavy (non-hydrogen) atoms. The van der Waals surface area contributed by atoms with E-state index in [0.717, 1.165) is 23.2 Å². The van der Waals surface area contributed by atoms with Gasteiger partial charge in [0.2, 0.25) is 5.88 Å². The molecular formula is C19H23FN2O. The Morgan fingerprint density at radius 1 is 1.22 bits per heavy atom. The zero-order chi connectivity index (χ0) is 16.6. The minimum absolute atomic E-state index is 0.00583. The molecule has 2 heterocycles. The molecule has 0 amide bonds. The highest BCUT2D eigenvalue weighted by Gasteiger charge is 2.33. The summed E-state index contributed by atoms with van der Waals surface area (Å²) in [5, 5.41) is 0. The van der Waals surface area contributed by atoms with E-state index in [9.17, 15) is 4.39 Å². The summed E-state index contributed by atoms with van der Waals surface area (Å²) in [4.78, 5) is 6.86. The predicted octanol–water partition coefficient (Wildman–Crippen LogP) is 4.20. The summed E-state index contributed by atoms with van der Waals surface area (Å²) in [6, 6.07) is 9.06. The lowest BCUT2D eigenvalue weighted by atomic mass is 9.99. The van der Waals surface area contributed by atoms with E-state index in [0.29, 0.717) is 18.5 Å². The van der Waals surface area contributed by atoms with Gasteiger partial charge in [0.25, 0.3) is 0 Å². The number of benzene rings is 1. The fourth-order valence-electron chi connectivity index (χ4n) is 3.23. The summed E-state index contributed by atoms with van der Waals surface area (Å²) >= 11 is 0. The molecule has 0 N–H and O–H groups in total. The van der Waals surface area contributed by atoms with Gasteiger partial charge in [-0.3, -0.25) is 0 Å². The molecule has 1 aromatic heterocycles. The maximum absolute atomic E-state index is 13.0. The molecule has 0 saturated heterocycles. The zero-order valence-electron chi connectivity index (χ0n) is 14.1. The van der Waals surface area contributed by atoms with Crippen LogP contribution < -0.4 is 9.64 Å². The molecule has 0 saturated carbocycles. The lowest BCUT2D eigenvalue weighted by molar-refractivity contribution is 0.239. The minimum Gasteiger partial charge on any atom is -0.474 e. The van der Waals surface area contributed by atoms with Gasteiger partial charge in [-0.2, -0.15) is 0 Å². The van der Waals surface area contributed by atoms with Gasteiger partial charge < -0.3 is 9.64 Å². The van der Waals surface area contributed by atoms with Gasteiger partial charge in [0.05, 0.1) is 6.04 Å². The van der Waals surface area contributed by atoms with Crippen LogP contribution in [0.5, 0.6) is 5.88 Å². The normalized spacial score (nSPS) is 17.6. The van der Waals surface area contributed by atoms with Crippen molar-refractivity contribution in [3.8, 4) is 5.88 Å². The molecule has 0 unspecified atom stereocenters. The number of aromatic nitrogens is 1. The van der Waals surface area contributed by atoms with Crippen LogP contribution in [0.4, 0.5) is 10.1 Å². The molecule has 2 aromatic rings. The molecule has 1 atom stereocenters. The molecule has 1 aromatic carbocycles. The lowest BCUT2D eigenvalue weighted by Gasteiger charge is -2.45. The van der Waals surface area contributed by atoms with Crippen molar-refractivity contribution in [3.63, 3.8) is 0 Å². The molecule has 0 spiro atoms. The van der Waals surface area contributed by atoms with Gasteiger partial charge in [-0.15, -0.1) is 0 Å². The highest BCUT2D eigenvalue weighted by atomic mass is 19.1. The van der Waals surface area contributed by atoms with Crippen molar-refractivity contribution in [2.75, 3.05) is 11.5 Å². The van der Waals surface area contributed by atoms with Gasteiger partial charge in [0.1, 0.15) is 18.1 Å². The molecule has 0 aliphatic carbocycles. The van der Waals surface area contributed by atoms with Gasteiger partial charge >= 0.3 is 0 Å². The maximum atomic E-state index is 13.0. The van der Waals surface area contributed by atoms with Gasteiger partial charge in [-0.1, -0.05) is 12.1 Å². The van der Waals surface area contributed by atoms with E-state index in [1.165, 1.54) is 12.1 Å². The SMILES string of the molecule is C[C@H]1COc2ncc(Cc3ccc(F)cc3)cc2N1C(C)(C)C. The molecule has 1 aliphatic heterocycles. The van der Waals surface area contributed by atoms with Crippen LogP contribution in [0.1, 0.15) is 38.8 Å². The van der Waals surface area contributed by atoms with Crippen LogP contribution in [0.15, 0.2) is 36.5 Å². The molecule has 1 aliphatic rings. The number of nitrogens with zero attached hydrogens (tertiary/aromatic N) is 2. The number of rotatable bonds is 2. The van der Waals surface area contributed by atoms with Gasteiger partial charge in [-0.05, 0) is 63.4 Å². The Bertz CT molecular complexity index is 692. The number of hydrogen-bond donors (Lipinski definition) is 0. The quantitative estimate of drug-likeness (QED) is 0.831. The Hall–Kier alpha value is -2.10. The summed E-state index contributed by atoms with van der Waals surface area (Å²) < 4.78 is 18.8. The van der Waals surface area contributed by atoms with Crippen molar-refractivity contribution in [1.29, 1.82) is 0 Å². The van der Waals surface area contributed by atoms with Crippen molar-refractivity contribution in [3.05, 3.63) is 53.5 Å². The van der Waals surface area contributed by atoms with Crippen LogP contribution in [-0.4, -0.2) is 23.2 Å². The second kappa shape index (κ2) is 5.84. The molecule has 0 fully saturated rings. The van der Waals surface area contributed by atoms with Crippen LogP contribution in [0.2, 0.25) is 0 Å². The number of anilines is 1. The highest BCUT2D eigenvalue weighted by molar-refractivity contribution is 5.60. The number of fused-ring (bicyclic) bond motifs is 1. The van der Waals surface area contributed by atoms with Crippen LogP contribution >= 0.6 is 0 Å². The van der Waals surface area contributed by atoms with E-state index >= 15 is 0 Å². The van der Waals surface area contributed by atoms with Crippen LogP contribution in [-0.2, 0) is 6.42 Å². The first kappa shape index (κ1) is 15.8. The van der Waals surface area contributed by atoms with Crippen LogP contribution in [0.3, 0.4) is 0 Å². The van der Waals surface area contributed by atoms with E-state index in [-0.39, 0.29) is 11.4 Å². The summed E-state index contributed by atoms with van der Waals surface area (Å²) in [5.74, 6) is 0.485. The maximum Gasteiger partial charge on any atom is 0.237 e. The van der Waals surface area contributed by atoms with Crippen molar-refractivity contribution in [2.45, 2.75) is 45.7 Å². The second-order valence-corrected chi connectivity index (χ2v) is 7.17. The summed E-state index contributed by atoms with van der Waals surface area (Å²) in [6.07, 6.45) is 2.58. The zero-order valence-corrected chi connectivity index (χ0v) is 14.1. The molecular weight excluding hydrogens is 291 g/mol. The van der Waals surface area contributed by atoms with E-state index < -0.39 is 0 Å². The summed E-state index contributed by atoms with van der Waals surface area (Å²) in [5.41, 5.74) is 3.20. The Morgan fingerprint density at radius 3 is 2.57 bits per heavy atom. The van der Waals surface area contributed by atoms with E-state index in [4.69, 9.17) is 4.74 Å². The minimum atomic E-state index is -0.210. The predicted molar refractivity (Wildman–Crippen MR) is 90.6 cm³/mol. The first-order valence-electron chi connectivity index (χ1n) is 8.00. The smallest absolute Gasteiger partial charge is 0.237 e. The fraction of sp³-hybridized carbons (Fsp3) is 0.421. The molecule has 3 nitrogen and oxygen atoms in total. The first-order chi connectivity index (χ1) is 10.8. The summed E-state index contributed by atoms with van der Waals surface area (Å²) in [6.45, 7) is 9.41. The van der Waals surface area contributed by atoms with Crippen LogP contribution in [0.25, 0.3) is 0 Å². The number of halogens is 1. The monoisotopic (exact) mass is 314 g/mol.